The largest absolute Gasteiger partial charge is 0.381 e. The van der Waals surface area contributed by atoms with Gasteiger partial charge in [-0.3, -0.25) is 9.71 Å². The third-order valence-corrected chi connectivity index (χ3v) is 5.11. The predicted octanol–water partition coefficient (Wildman–Crippen LogP) is 3.80. The van der Waals surface area contributed by atoms with Crippen molar-refractivity contribution in [1.29, 1.82) is 0 Å². The number of benzene rings is 2. The van der Waals surface area contributed by atoms with E-state index in [0.29, 0.717) is 12.2 Å². The third-order valence-electron chi connectivity index (χ3n) is 3.71. The zero-order valence-corrected chi connectivity index (χ0v) is 14.6. The van der Waals surface area contributed by atoms with Crippen molar-refractivity contribution in [2.45, 2.75) is 18.4 Å². The van der Waals surface area contributed by atoms with Gasteiger partial charge in [0.1, 0.15) is 0 Å². The summed E-state index contributed by atoms with van der Waals surface area (Å²) in [5.74, 6) is 0. The van der Waals surface area contributed by atoms with Crippen LogP contribution in [0.25, 0.3) is 0 Å². The minimum Gasteiger partial charge on any atom is -0.381 e. The zero-order valence-electron chi connectivity index (χ0n) is 13.8. The number of rotatable bonds is 6. The number of hydrogen-bond acceptors (Lipinski definition) is 4. The molecule has 1 heterocycles. The normalized spacial score (nSPS) is 11.1. The Morgan fingerprint density at radius 3 is 2.08 bits per heavy atom. The maximum atomic E-state index is 12.4. The maximum Gasteiger partial charge on any atom is 0.261 e. The summed E-state index contributed by atoms with van der Waals surface area (Å²) in [6.45, 7) is 2.60. The average molecular weight is 353 g/mol. The Morgan fingerprint density at radius 1 is 0.840 bits per heavy atom. The van der Waals surface area contributed by atoms with Crippen LogP contribution in [0.1, 0.15) is 11.1 Å². The van der Waals surface area contributed by atoms with Gasteiger partial charge in [-0.15, -0.1) is 0 Å². The van der Waals surface area contributed by atoms with Gasteiger partial charge < -0.3 is 5.32 Å². The first-order chi connectivity index (χ1) is 12.0. The molecule has 0 atom stereocenters. The molecule has 0 aliphatic rings. The number of aryl methyl sites for hydroxylation is 1. The average Bonchev–Trinajstić information content (AvgIpc) is 2.62. The molecule has 0 unspecified atom stereocenters. The molecule has 6 heteroatoms. The summed E-state index contributed by atoms with van der Waals surface area (Å²) in [5.41, 5.74) is 3.58. The first-order valence-corrected chi connectivity index (χ1v) is 9.34. The van der Waals surface area contributed by atoms with Gasteiger partial charge in [-0.2, -0.15) is 0 Å². The van der Waals surface area contributed by atoms with Gasteiger partial charge in [0.15, 0.2) is 0 Å². The van der Waals surface area contributed by atoms with Crippen LogP contribution in [0.15, 0.2) is 78.0 Å². The Bertz CT molecular complexity index is 923. The van der Waals surface area contributed by atoms with Crippen LogP contribution < -0.4 is 10.0 Å². The first-order valence-electron chi connectivity index (χ1n) is 7.85. The fraction of sp³-hybridized carbons (Fsp3) is 0.105. The summed E-state index contributed by atoms with van der Waals surface area (Å²) in [5, 5.41) is 3.28. The van der Waals surface area contributed by atoms with E-state index < -0.39 is 10.0 Å². The predicted molar refractivity (Wildman–Crippen MR) is 100.0 cm³/mol. The Morgan fingerprint density at radius 2 is 1.44 bits per heavy atom. The van der Waals surface area contributed by atoms with Gasteiger partial charge in [0.2, 0.25) is 0 Å². The molecule has 0 saturated heterocycles. The molecule has 3 aromatic rings. The number of hydrogen-bond donors (Lipinski definition) is 2. The summed E-state index contributed by atoms with van der Waals surface area (Å²) >= 11 is 0. The van der Waals surface area contributed by atoms with Gasteiger partial charge in [-0.05, 0) is 61.0 Å². The lowest BCUT2D eigenvalue weighted by atomic mass is 10.2. The minimum absolute atomic E-state index is 0.248. The second-order valence-electron chi connectivity index (χ2n) is 5.70. The van der Waals surface area contributed by atoms with E-state index in [1.165, 1.54) is 0 Å². The lowest BCUT2D eigenvalue weighted by Crippen LogP contribution is -2.12. The summed E-state index contributed by atoms with van der Waals surface area (Å²) in [6, 6.07) is 17.8. The molecule has 128 valence electrons. The molecular weight excluding hydrogens is 334 g/mol. The van der Waals surface area contributed by atoms with E-state index in [1.807, 2.05) is 31.2 Å². The van der Waals surface area contributed by atoms with E-state index in [4.69, 9.17) is 0 Å². The molecule has 2 N–H and O–H groups in total. The van der Waals surface area contributed by atoms with E-state index in [-0.39, 0.29) is 4.90 Å². The zero-order chi connectivity index (χ0) is 17.7. The van der Waals surface area contributed by atoms with E-state index in [1.54, 1.807) is 48.8 Å². The summed E-state index contributed by atoms with van der Waals surface area (Å²) in [4.78, 5) is 4.23. The Hall–Kier alpha value is -2.86. The Balaban J connectivity index is 1.65. The highest BCUT2D eigenvalue weighted by Crippen LogP contribution is 2.19. The van der Waals surface area contributed by atoms with Gasteiger partial charge in [-0.25, -0.2) is 8.42 Å². The van der Waals surface area contributed by atoms with Gasteiger partial charge in [0.25, 0.3) is 10.0 Å². The van der Waals surface area contributed by atoms with Gasteiger partial charge in [0, 0.05) is 30.3 Å². The van der Waals surface area contributed by atoms with Crippen molar-refractivity contribution in [2.24, 2.45) is 0 Å². The Kier molecular flexibility index (Phi) is 5.00. The number of sulfonamides is 1. The topological polar surface area (TPSA) is 71.1 Å². The molecule has 0 spiro atoms. The fourth-order valence-corrected chi connectivity index (χ4v) is 3.35. The van der Waals surface area contributed by atoms with Crippen LogP contribution in [-0.2, 0) is 16.6 Å². The van der Waals surface area contributed by atoms with Crippen molar-refractivity contribution in [3.8, 4) is 0 Å². The van der Waals surface area contributed by atoms with Crippen molar-refractivity contribution in [2.75, 3.05) is 10.0 Å². The molecule has 0 fully saturated rings. The number of pyridine rings is 1. The first kappa shape index (κ1) is 17.0. The quantitative estimate of drug-likeness (QED) is 0.707. The highest BCUT2D eigenvalue weighted by molar-refractivity contribution is 7.92. The summed E-state index contributed by atoms with van der Waals surface area (Å²) in [7, 11) is -3.58. The molecule has 0 aliphatic heterocycles. The second kappa shape index (κ2) is 7.36. The van der Waals surface area contributed by atoms with Crippen molar-refractivity contribution >= 4 is 21.4 Å². The molecule has 0 bridgehead atoms. The van der Waals surface area contributed by atoms with Crippen LogP contribution >= 0.6 is 0 Å². The molecule has 0 amide bonds. The number of anilines is 2. The fourth-order valence-electron chi connectivity index (χ4n) is 2.29. The van der Waals surface area contributed by atoms with E-state index >= 15 is 0 Å². The molecule has 3 rings (SSSR count). The molecule has 5 nitrogen and oxygen atoms in total. The molecule has 0 radical (unpaired) electrons. The number of aromatic nitrogens is 1. The highest BCUT2D eigenvalue weighted by Gasteiger charge is 2.13. The van der Waals surface area contributed by atoms with Gasteiger partial charge in [-0.1, -0.05) is 17.7 Å². The molecule has 25 heavy (non-hydrogen) atoms. The molecule has 0 saturated carbocycles. The lowest BCUT2D eigenvalue weighted by molar-refractivity contribution is 0.601. The number of nitrogens with zero attached hydrogens (tertiary/aromatic N) is 1. The molecule has 0 aliphatic carbocycles. The van der Waals surface area contributed by atoms with Crippen LogP contribution in [0.4, 0.5) is 11.4 Å². The van der Waals surface area contributed by atoms with Crippen molar-refractivity contribution in [3.63, 3.8) is 0 Å². The molecular formula is C19H19N3O2S. The second-order valence-corrected chi connectivity index (χ2v) is 7.39. The van der Waals surface area contributed by atoms with Crippen molar-refractivity contribution in [1.82, 2.24) is 4.98 Å². The van der Waals surface area contributed by atoms with Crippen molar-refractivity contribution in [3.05, 3.63) is 84.2 Å². The van der Waals surface area contributed by atoms with Crippen LogP contribution in [-0.4, -0.2) is 13.4 Å². The summed E-state index contributed by atoms with van der Waals surface area (Å²) < 4.78 is 27.3. The van der Waals surface area contributed by atoms with Gasteiger partial charge >= 0.3 is 0 Å². The van der Waals surface area contributed by atoms with Crippen LogP contribution in [0.3, 0.4) is 0 Å². The maximum absolute atomic E-state index is 12.4. The SMILES string of the molecule is Cc1ccc(S(=O)(=O)Nc2ccc(NCc3ccncc3)cc2)cc1. The Labute approximate surface area is 147 Å². The van der Waals surface area contributed by atoms with Crippen LogP contribution in [0.5, 0.6) is 0 Å². The third kappa shape index (κ3) is 4.58. The highest BCUT2D eigenvalue weighted by atomic mass is 32.2. The minimum atomic E-state index is -3.58. The van der Waals surface area contributed by atoms with E-state index in [2.05, 4.69) is 15.0 Å². The monoisotopic (exact) mass is 353 g/mol. The van der Waals surface area contributed by atoms with E-state index in [9.17, 15) is 8.42 Å². The van der Waals surface area contributed by atoms with Crippen LogP contribution in [0, 0.1) is 6.92 Å². The van der Waals surface area contributed by atoms with Crippen LogP contribution in [0.2, 0.25) is 0 Å². The molecule has 2 aromatic carbocycles. The van der Waals surface area contributed by atoms with Gasteiger partial charge in [0.05, 0.1) is 4.90 Å². The lowest BCUT2D eigenvalue weighted by Gasteiger charge is -2.10. The standard InChI is InChI=1S/C19H19N3O2S/c1-15-2-8-19(9-3-15)25(23,24)22-18-6-4-17(5-7-18)21-14-16-10-12-20-13-11-16/h2-13,21-22H,14H2,1H3. The van der Waals surface area contributed by atoms with Crippen molar-refractivity contribution < 1.29 is 8.42 Å². The molecule has 1 aromatic heterocycles. The number of nitrogens with one attached hydrogen (secondary N) is 2. The summed E-state index contributed by atoms with van der Waals surface area (Å²) in [6.07, 6.45) is 3.50. The van der Waals surface area contributed by atoms with E-state index in [0.717, 1.165) is 16.8 Å². The smallest absolute Gasteiger partial charge is 0.261 e.